The zero-order valence-corrected chi connectivity index (χ0v) is 23.3. The molecule has 0 spiro atoms. The number of nitriles is 1. The van der Waals surface area contributed by atoms with Gasteiger partial charge in [-0.1, -0.05) is 6.07 Å². The van der Waals surface area contributed by atoms with E-state index in [-0.39, 0.29) is 53.2 Å². The first-order chi connectivity index (χ1) is 21.0. The number of anilines is 2. The van der Waals surface area contributed by atoms with Crippen molar-refractivity contribution in [3.05, 3.63) is 89.3 Å². The molecule has 0 aliphatic carbocycles. The summed E-state index contributed by atoms with van der Waals surface area (Å²) in [6, 6.07) is 9.34. The van der Waals surface area contributed by atoms with Crippen LogP contribution in [0.15, 0.2) is 54.9 Å². The van der Waals surface area contributed by atoms with Crippen LogP contribution in [-0.4, -0.2) is 48.7 Å². The van der Waals surface area contributed by atoms with E-state index in [1.54, 1.807) is 10.8 Å². The van der Waals surface area contributed by atoms with E-state index in [0.29, 0.717) is 12.6 Å². The Bertz CT molecular complexity index is 1860. The number of hydrogen-bond acceptors (Lipinski definition) is 9. The lowest BCUT2D eigenvalue weighted by atomic mass is 10.1. The van der Waals surface area contributed by atoms with Crippen molar-refractivity contribution in [2.75, 3.05) is 23.1 Å². The highest BCUT2D eigenvalue weighted by Crippen LogP contribution is 2.36. The molecule has 3 heterocycles. The van der Waals surface area contributed by atoms with Crippen molar-refractivity contribution < 1.29 is 35.1 Å². The molecule has 1 saturated heterocycles. The molecule has 5 rings (SSSR count). The van der Waals surface area contributed by atoms with Gasteiger partial charge in [-0.3, -0.25) is 4.72 Å². The van der Waals surface area contributed by atoms with Crippen LogP contribution in [-0.2, 0) is 15.8 Å². The third kappa shape index (κ3) is 7.01. The van der Waals surface area contributed by atoms with Crippen LogP contribution in [0.3, 0.4) is 0 Å². The number of nitrogens with zero attached hydrogens (tertiary/aromatic N) is 4. The Morgan fingerprint density at radius 3 is 2.59 bits per heavy atom. The summed E-state index contributed by atoms with van der Waals surface area (Å²) in [5.74, 6) is -8.33. The number of alkyl halides is 1. The summed E-state index contributed by atoms with van der Waals surface area (Å²) in [7, 11) is -4.64. The minimum absolute atomic E-state index is 0.0625. The third-order valence-electron chi connectivity index (χ3n) is 6.45. The van der Waals surface area contributed by atoms with Crippen LogP contribution in [0.1, 0.15) is 17.5 Å². The number of sulfonamides is 1. The molecule has 2 atom stereocenters. The molecule has 0 saturated carbocycles. The fraction of sp³-hybridized carbons (Fsp3) is 0.214. The maximum atomic E-state index is 15.1. The van der Waals surface area contributed by atoms with E-state index < -0.39 is 56.7 Å². The summed E-state index contributed by atoms with van der Waals surface area (Å²) in [6.07, 6.45) is 1.90. The molecule has 10 nitrogen and oxygen atoms in total. The number of pyridine rings is 1. The Hall–Kier alpha value is -4.88. The van der Waals surface area contributed by atoms with Gasteiger partial charge in [-0.25, -0.2) is 40.9 Å². The van der Waals surface area contributed by atoms with E-state index in [1.807, 2.05) is 0 Å². The van der Waals surface area contributed by atoms with Gasteiger partial charge in [-0.15, -0.1) is 0 Å². The molecule has 44 heavy (non-hydrogen) atoms. The van der Waals surface area contributed by atoms with E-state index in [2.05, 4.69) is 25.6 Å². The lowest BCUT2D eigenvalue weighted by Gasteiger charge is -2.26. The van der Waals surface area contributed by atoms with Gasteiger partial charge in [-0.05, 0) is 30.3 Å². The Balaban J connectivity index is 1.37. The van der Waals surface area contributed by atoms with Gasteiger partial charge in [0.1, 0.15) is 17.7 Å². The lowest BCUT2D eigenvalue weighted by molar-refractivity contribution is 0.254. The SMILES string of the molecule is N#Cc1ccc(CS(=O)(=O)Nc2c(F)cc(Oc3ncccc3-c3ccnc(NC4CNC[C@@H](F)C4)n3)c(F)c2F)c(F)c1. The number of rotatable bonds is 9. The Labute approximate surface area is 248 Å². The molecule has 16 heteroatoms. The topological polar surface area (TPSA) is 142 Å². The first-order valence-corrected chi connectivity index (χ1v) is 14.6. The summed E-state index contributed by atoms with van der Waals surface area (Å²) in [5, 5.41) is 14.8. The van der Waals surface area contributed by atoms with E-state index in [1.165, 1.54) is 36.7 Å². The first kappa shape index (κ1) is 30.6. The van der Waals surface area contributed by atoms with Gasteiger partial charge in [0.05, 0.1) is 28.6 Å². The minimum atomic E-state index is -4.64. The normalized spacial score (nSPS) is 16.6. The molecule has 4 aromatic rings. The van der Waals surface area contributed by atoms with Crippen molar-refractivity contribution in [2.24, 2.45) is 0 Å². The van der Waals surface area contributed by atoms with Crippen molar-refractivity contribution in [1.82, 2.24) is 20.3 Å². The third-order valence-corrected chi connectivity index (χ3v) is 7.66. The van der Waals surface area contributed by atoms with Crippen LogP contribution in [0.2, 0.25) is 0 Å². The van der Waals surface area contributed by atoms with Crippen LogP contribution in [0, 0.1) is 34.6 Å². The molecule has 1 unspecified atom stereocenters. The molecule has 0 bridgehead atoms. The summed E-state index contributed by atoms with van der Waals surface area (Å²) in [5.41, 5.74) is -1.35. The van der Waals surface area contributed by atoms with E-state index in [0.717, 1.165) is 12.1 Å². The summed E-state index contributed by atoms with van der Waals surface area (Å²) < 4.78 is 105. The average Bonchev–Trinajstić information content (AvgIpc) is 2.99. The van der Waals surface area contributed by atoms with Gasteiger partial charge in [-0.2, -0.15) is 9.65 Å². The second-order valence-corrected chi connectivity index (χ2v) is 11.4. The van der Waals surface area contributed by atoms with Crippen LogP contribution < -0.4 is 20.1 Å². The standard InChI is InChI=1S/C28H22F5N7O3S/c29-17-9-18(13-35-12-17)38-28-37-7-5-22(39-28)19-2-1-6-36-27(19)43-23-10-21(31)26(25(33)24(23)32)40-44(41,42)14-16-4-3-15(11-34)8-20(16)30/h1-8,10,17-18,35,40H,9,12-14H2,(H,37,38,39)/t17-,18?/m0/s1. The minimum Gasteiger partial charge on any atom is -0.435 e. The Kier molecular flexibility index (Phi) is 8.88. The number of benzene rings is 2. The van der Waals surface area contributed by atoms with Gasteiger partial charge in [0.2, 0.25) is 27.7 Å². The van der Waals surface area contributed by atoms with Crippen molar-refractivity contribution in [2.45, 2.75) is 24.4 Å². The predicted octanol–water partition coefficient (Wildman–Crippen LogP) is 4.81. The fourth-order valence-corrected chi connectivity index (χ4v) is 5.62. The Morgan fingerprint density at radius 2 is 1.84 bits per heavy atom. The lowest BCUT2D eigenvalue weighted by Crippen LogP contribution is -2.44. The molecule has 2 aromatic heterocycles. The fourth-order valence-electron chi connectivity index (χ4n) is 4.40. The van der Waals surface area contributed by atoms with Gasteiger partial charge < -0.3 is 15.4 Å². The van der Waals surface area contributed by atoms with Crippen LogP contribution >= 0.6 is 0 Å². The largest absolute Gasteiger partial charge is 0.435 e. The van der Waals surface area contributed by atoms with Gasteiger partial charge >= 0.3 is 0 Å². The number of halogens is 5. The van der Waals surface area contributed by atoms with Crippen molar-refractivity contribution in [3.63, 3.8) is 0 Å². The highest BCUT2D eigenvalue weighted by Gasteiger charge is 2.26. The number of piperidine rings is 1. The van der Waals surface area contributed by atoms with Crippen LogP contribution in [0.4, 0.5) is 33.6 Å². The first-order valence-electron chi connectivity index (χ1n) is 13.0. The molecular formula is C28H22F5N7O3S. The van der Waals surface area contributed by atoms with Crippen molar-refractivity contribution in [3.8, 4) is 29.0 Å². The summed E-state index contributed by atoms with van der Waals surface area (Å²) in [6.45, 7) is 0.739. The van der Waals surface area contributed by atoms with Gasteiger partial charge in [0.25, 0.3) is 0 Å². The summed E-state index contributed by atoms with van der Waals surface area (Å²) >= 11 is 0. The van der Waals surface area contributed by atoms with Gasteiger partial charge in [0.15, 0.2) is 17.4 Å². The highest BCUT2D eigenvalue weighted by atomic mass is 32.2. The summed E-state index contributed by atoms with van der Waals surface area (Å²) in [4.78, 5) is 12.5. The molecule has 0 radical (unpaired) electrons. The zero-order valence-electron chi connectivity index (χ0n) is 22.5. The van der Waals surface area contributed by atoms with Crippen molar-refractivity contribution >= 4 is 21.7 Å². The molecule has 2 aromatic carbocycles. The predicted molar refractivity (Wildman–Crippen MR) is 149 cm³/mol. The number of aromatic nitrogens is 3. The van der Waals surface area contributed by atoms with E-state index in [9.17, 15) is 26.0 Å². The number of ether oxygens (including phenoxy) is 1. The zero-order chi connectivity index (χ0) is 31.4. The average molecular weight is 632 g/mol. The molecule has 0 amide bonds. The second kappa shape index (κ2) is 12.8. The maximum Gasteiger partial charge on any atom is 0.237 e. The number of hydrogen-bond donors (Lipinski definition) is 3. The van der Waals surface area contributed by atoms with Gasteiger partial charge in [0, 0.05) is 49.6 Å². The van der Waals surface area contributed by atoms with E-state index >= 15 is 4.39 Å². The molecule has 3 N–H and O–H groups in total. The second-order valence-electron chi connectivity index (χ2n) is 9.69. The monoisotopic (exact) mass is 631 g/mol. The van der Waals surface area contributed by atoms with Crippen LogP contribution in [0.5, 0.6) is 11.6 Å². The maximum absolute atomic E-state index is 15.1. The smallest absolute Gasteiger partial charge is 0.237 e. The quantitative estimate of drug-likeness (QED) is 0.175. The molecule has 1 aliphatic rings. The molecule has 1 aliphatic heterocycles. The molecule has 228 valence electrons. The van der Waals surface area contributed by atoms with E-state index in [4.69, 9.17) is 10.00 Å². The van der Waals surface area contributed by atoms with Crippen molar-refractivity contribution in [1.29, 1.82) is 5.26 Å². The van der Waals surface area contributed by atoms with Crippen LogP contribution in [0.25, 0.3) is 11.3 Å². The number of nitrogens with one attached hydrogen (secondary N) is 3. The highest BCUT2D eigenvalue weighted by molar-refractivity contribution is 7.91. The molecular weight excluding hydrogens is 609 g/mol. The Morgan fingerprint density at radius 1 is 1.02 bits per heavy atom. The molecule has 1 fully saturated rings.